The molecule has 0 heterocycles. The summed E-state index contributed by atoms with van der Waals surface area (Å²) in [5, 5.41) is 13.7. The van der Waals surface area contributed by atoms with Gasteiger partial charge in [-0.15, -0.1) is 0 Å². The summed E-state index contributed by atoms with van der Waals surface area (Å²) >= 11 is 3.91. The van der Waals surface area contributed by atoms with Crippen LogP contribution in [0.1, 0.15) is 6.42 Å². The molecule has 1 atom stereocenters. The van der Waals surface area contributed by atoms with E-state index in [-0.39, 0.29) is 5.54 Å². The van der Waals surface area contributed by atoms with Gasteiger partial charge in [-0.05, 0) is 12.2 Å². The van der Waals surface area contributed by atoms with E-state index in [1.807, 2.05) is 0 Å². The Morgan fingerprint density at radius 1 is 1.89 bits per heavy atom. The minimum absolute atomic E-state index is 0.275. The van der Waals surface area contributed by atoms with E-state index in [1.54, 1.807) is 0 Å². The van der Waals surface area contributed by atoms with Crippen LogP contribution in [0.5, 0.6) is 0 Å². The van der Waals surface area contributed by atoms with Crippen molar-refractivity contribution in [3.8, 4) is 0 Å². The van der Waals surface area contributed by atoms with Gasteiger partial charge in [0.15, 0.2) is 0 Å². The van der Waals surface area contributed by atoms with Gasteiger partial charge in [0.2, 0.25) is 0 Å². The molecule has 0 unspecified atom stereocenters. The Kier molecular flexibility index (Phi) is 4.83. The number of carboxylic acid groups (broad SMARTS) is 1. The molecule has 5 heteroatoms. The van der Waals surface area contributed by atoms with Gasteiger partial charge in [-0.25, -0.2) is 0 Å². The molecule has 0 amide bonds. The smallest absolute Gasteiger partial charge is 0.304 e. The molecular formula is C4H11NO2SSi. The second kappa shape index (κ2) is 4.84. The lowest BCUT2D eigenvalue weighted by molar-refractivity contribution is -0.136. The molecular weight excluding hydrogens is 154 g/mol. The van der Waals surface area contributed by atoms with E-state index in [4.69, 9.17) is 10.5 Å². The fourth-order valence-electron chi connectivity index (χ4n) is 0.498. The van der Waals surface area contributed by atoms with Crippen LogP contribution in [0.25, 0.3) is 0 Å². The SMILES string of the molecule is N[SiH2][C@@H](CCS)C(=O)O. The average Bonchev–Trinajstić information content (AvgIpc) is 1.82. The number of hydrogen-bond acceptors (Lipinski definition) is 3. The average molecular weight is 165 g/mol. The van der Waals surface area contributed by atoms with Gasteiger partial charge in [0.05, 0.1) is 5.54 Å². The Labute approximate surface area is 61.9 Å². The first kappa shape index (κ1) is 9.00. The molecule has 0 aliphatic heterocycles. The quantitative estimate of drug-likeness (QED) is 0.378. The maximum atomic E-state index is 10.2. The molecule has 0 rings (SSSR count). The molecule has 0 saturated carbocycles. The van der Waals surface area contributed by atoms with Gasteiger partial charge < -0.3 is 10.5 Å². The van der Waals surface area contributed by atoms with Crippen molar-refractivity contribution >= 4 is 28.3 Å². The molecule has 0 aromatic heterocycles. The van der Waals surface area contributed by atoms with Gasteiger partial charge in [-0.2, -0.15) is 12.6 Å². The highest BCUT2D eigenvalue weighted by Gasteiger charge is 2.13. The third-order valence-corrected chi connectivity index (χ3v) is 2.70. The maximum Gasteiger partial charge on any atom is 0.304 e. The molecule has 54 valence electrons. The van der Waals surface area contributed by atoms with Gasteiger partial charge in [0.25, 0.3) is 0 Å². The molecule has 0 fully saturated rings. The summed E-state index contributed by atoms with van der Waals surface area (Å²) in [7, 11) is -0.879. The second-order valence-corrected chi connectivity index (χ2v) is 3.69. The van der Waals surface area contributed by atoms with E-state index >= 15 is 0 Å². The van der Waals surface area contributed by atoms with Crippen molar-refractivity contribution < 1.29 is 9.90 Å². The van der Waals surface area contributed by atoms with Crippen LogP contribution in [0.3, 0.4) is 0 Å². The number of thiol groups is 1. The van der Waals surface area contributed by atoms with E-state index in [2.05, 4.69) is 12.6 Å². The lowest BCUT2D eigenvalue weighted by Crippen LogP contribution is -2.21. The number of aliphatic carboxylic acids is 1. The summed E-state index contributed by atoms with van der Waals surface area (Å²) in [5.74, 6) is -0.153. The zero-order chi connectivity index (χ0) is 7.28. The van der Waals surface area contributed by atoms with Crippen LogP contribution in [0, 0.1) is 0 Å². The first-order valence-corrected chi connectivity index (χ1v) is 5.02. The highest BCUT2D eigenvalue weighted by molar-refractivity contribution is 7.80. The lowest BCUT2D eigenvalue weighted by Gasteiger charge is -2.04. The third-order valence-electron chi connectivity index (χ3n) is 1.11. The molecule has 0 aliphatic rings. The van der Waals surface area contributed by atoms with Crippen LogP contribution in [-0.4, -0.2) is 26.5 Å². The summed E-state index contributed by atoms with van der Waals surface area (Å²) in [5.41, 5.74) is -0.275. The van der Waals surface area contributed by atoms with Crippen molar-refractivity contribution in [1.29, 1.82) is 0 Å². The van der Waals surface area contributed by atoms with Gasteiger partial charge in [-0.3, -0.25) is 4.79 Å². The lowest BCUT2D eigenvalue weighted by atomic mass is 10.3. The summed E-state index contributed by atoms with van der Waals surface area (Å²) in [6.45, 7) is 0. The molecule has 0 radical (unpaired) electrons. The van der Waals surface area contributed by atoms with Crippen LogP contribution in [0.4, 0.5) is 0 Å². The van der Waals surface area contributed by atoms with Crippen LogP contribution in [0.15, 0.2) is 0 Å². The standard InChI is InChI=1S/C4H11NO2SSi/c5-9-3(1-2-8)4(6)7/h3,8H,1-2,5,9H2,(H,6,7)/t3-/m0/s1. The van der Waals surface area contributed by atoms with Gasteiger partial charge >= 0.3 is 5.97 Å². The maximum absolute atomic E-state index is 10.2. The van der Waals surface area contributed by atoms with Crippen LogP contribution in [0.2, 0.25) is 5.54 Å². The summed E-state index contributed by atoms with van der Waals surface area (Å²) in [6.07, 6.45) is 0.612. The highest BCUT2D eigenvalue weighted by Crippen LogP contribution is 2.07. The first-order valence-electron chi connectivity index (χ1n) is 2.76. The second-order valence-electron chi connectivity index (χ2n) is 1.78. The fraction of sp³-hybridized carbons (Fsp3) is 0.750. The van der Waals surface area contributed by atoms with Crippen molar-refractivity contribution in [1.82, 2.24) is 0 Å². The van der Waals surface area contributed by atoms with Gasteiger partial charge in [-0.1, -0.05) is 0 Å². The van der Waals surface area contributed by atoms with Crippen molar-refractivity contribution in [3.63, 3.8) is 0 Å². The molecule has 0 bridgehead atoms. The van der Waals surface area contributed by atoms with E-state index < -0.39 is 15.7 Å². The van der Waals surface area contributed by atoms with Crippen LogP contribution >= 0.6 is 12.6 Å². The molecule has 0 aromatic carbocycles. The third kappa shape index (κ3) is 3.55. The number of rotatable bonds is 4. The first-order chi connectivity index (χ1) is 4.22. The van der Waals surface area contributed by atoms with E-state index in [0.29, 0.717) is 12.2 Å². The van der Waals surface area contributed by atoms with Crippen molar-refractivity contribution in [2.75, 3.05) is 5.75 Å². The van der Waals surface area contributed by atoms with E-state index in [1.165, 1.54) is 0 Å². The predicted octanol–water partition coefficient (Wildman–Crippen LogP) is -0.778. The van der Waals surface area contributed by atoms with Gasteiger partial charge in [0.1, 0.15) is 9.68 Å². The number of hydrogen-bond donors (Lipinski definition) is 3. The Bertz CT molecular complexity index is 101. The van der Waals surface area contributed by atoms with Crippen molar-refractivity contribution in [3.05, 3.63) is 0 Å². The number of carbonyl (C=O) groups is 1. The molecule has 0 aromatic rings. The van der Waals surface area contributed by atoms with Crippen molar-refractivity contribution in [2.24, 2.45) is 5.40 Å². The molecule has 3 N–H and O–H groups in total. The topological polar surface area (TPSA) is 63.3 Å². The summed E-state index contributed by atoms with van der Waals surface area (Å²) < 4.78 is 0. The summed E-state index contributed by atoms with van der Waals surface area (Å²) in [6, 6.07) is 0. The van der Waals surface area contributed by atoms with Crippen molar-refractivity contribution in [2.45, 2.75) is 12.0 Å². The zero-order valence-corrected chi connectivity index (χ0v) is 7.39. The minimum atomic E-state index is -0.879. The Morgan fingerprint density at radius 3 is 2.56 bits per heavy atom. The molecule has 3 nitrogen and oxygen atoms in total. The highest BCUT2D eigenvalue weighted by atomic mass is 32.1. The van der Waals surface area contributed by atoms with Gasteiger partial charge in [0, 0.05) is 0 Å². The predicted molar refractivity (Wildman–Crippen MR) is 42.6 cm³/mol. The molecule has 0 saturated heterocycles. The zero-order valence-electron chi connectivity index (χ0n) is 5.08. The molecule has 0 spiro atoms. The Balaban J connectivity index is 3.54. The van der Waals surface area contributed by atoms with E-state index in [0.717, 1.165) is 0 Å². The largest absolute Gasteiger partial charge is 0.481 e. The fourth-order valence-corrected chi connectivity index (χ4v) is 1.79. The number of carboxylic acids is 1. The normalized spacial score (nSPS) is 14.4. The Hall–Kier alpha value is -0.00312. The van der Waals surface area contributed by atoms with E-state index in [9.17, 15) is 4.79 Å². The minimum Gasteiger partial charge on any atom is -0.481 e. The van der Waals surface area contributed by atoms with Crippen LogP contribution < -0.4 is 5.40 Å². The summed E-state index contributed by atoms with van der Waals surface area (Å²) in [4.78, 5) is 10.2. The monoisotopic (exact) mass is 165 g/mol. The molecule has 9 heavy (non-hydrogen) atoms. The molecule has 0 aliphatic carbocycles. The Morgan fingerprint density at radius 2 is 2.44 bits per heavy atom. The van der Waals surface area contributed by atoms with Crippen LogP contribution in [-0.2, 0) is 4.79 Å². The number of nitrogens with two attached hydrogens (primary N) is 1.